The number of hydrogen-bond donors (Lipinski definition) is 5. The number of likely N-dealkylation sites (tertiary alicyclic amines) is 1. The highest BCUT2D eigenvalue weighted by Crippen LogP contribution is 2.17. The standard InChI is InChI=1S/C19H24ClN9O2.ClH/c20-15-17(22)27-16(21)14(26-15)18(31)28-19(23)25-12-6-8-29(9-7-12)10-13(30)24-11-4-2-1-3-5-11;/h1-5,12H,6-10H2,(H,24,30)(H4,21,22,27)(H3,23,25,28,31);1H. The van der Waals surface area contributed by atoms with Crippen molar-refractivity contribution < 1.29 is 9.59 Å². The second kappa shape index (κ2) is 11.5. The van der Waals surface area contributed by atoms with E-state index in [9.17, 15) is 9.59 Å². The molecule has 32 heavy (non-hydrogen) atoms. The molecule has 13 heteroatoms. The Bertz CT molecular complexity index is 980. The molecule has 0 radical (unpaired) electrons. The monoisotopic (exact) mass is 481 g/mol. The van der Waals surface area contributed by atoms with Crippen LogP contribution >= 0.6 is 24.0 Å². The lowest BCUT2D eigenvalue weighted by Crippen LogP contribution is -2.42. The van der Waals surface area contributed by atoms with Gasteiger partial charge in [0.2, 0.25) is 5.91 Å². The molecule has 1 saturated heterocycles. The maximum absolute atomic E-state index is 12.3. The molecule has 1 fully saturated rings. The van der Waals surface area contributed by atoms with Gasteiger partial charge in [-0.3, -0.25) is 19.8 Å². The van der Waals surface area contributed by atoms with Gasteiger partial charge in [-0.25, -0.2) is 15.0 Å². The Labute approximate surface area is 196 Å². The van der Waals surface area contributed by atoms with Crippen LogP contribution in [-0.4, -0.2) is 58.3 Å². The minimum atomic E-state index is -0.678. The van der Waals surface area contributed by atoms with E-state index in [1.165, 1.54) is 0 Å². The minimum Gasteiger partial charge on any atom is -0.382 e. The molecular weight excluding hydrogens is 457 g/mol. The average Bonchev–Trinajstić information content (AvgIpc) is 2.72. The number of nitrogen functional groups attached to an aromatic ring is 2. The van der Waals surface area contributed by atoms with Crippen LogP contribution in [0.15, 0.2) is 35.3 Å². The number of carbonyl (C=O) groups excluding carboxylic acids is 2. The predicted octanol–water partition coefficient (Wildman–Crippen LogP) is 0.864. The summed E-state index contributed by atoms with van der Waals surface area (Å²) in [6, 6.07) is 9.23. The molecule has 0 aliphatic carbocycles. The third-order valence-electron chi connectivity index (χ3n) is 4.67. The number of para-hydroxylation sites is 1. The summed E-state index contributed by atoms with van der Waals surface area (Å²) in [5.74, 6) is -1.03. The number of rotatable bonds is 5. The molecule has 1 aliphatic heterocycles. The molecule has 8 N–H and O–H groups in total. The molecule has 3 rings (SSSR count). The minimum absolute atomic E-state index is 0. The first-order chi connectivity index (χ1) is 14.8. The van der Waals surface area contributed by atoms with Crippen molar-refractivity contribution in [3.05, 3.63) is 41.2 Å². The van der Waals surface area contributed by atoms with E-state index < -0.39 is 5.91 Å². The summed E-state index contributed by atoms with van der Waals surface area (Å²) in [5, 5.41) is 5.17. The highest BCUT2D eigenvalue weighted by Gasteiger charge is 2.22. The number of nitrogens with two attached hydrogens (primary N) is 3. The smallest absolute Gasteiger partial charge is 0.280 e. The first-order valence-electron chi connectivity index (χ1n) is 9.62. The summed E-state index contributed by atoms with van der Waals surface area (Å²) in [5.41, 5.74) is 17.6. The SMILES string of the molecule is Cl.NC(=NC1CCN(CC(=O)Nc2ccccc2)CC1)NC(=O)c1nc(Cl)c(N)nc1N. The van der Waals surface area contributed by atoms with Gasteiger partial charge in [0.15, 0.2) is 28.4 Å². The number of anilines is 3. The first-order valence-corrected chi connectivity index (χ1v) is 10.00. The maximum atomic E-state index is 12.3. The fourth-order valence-corrected chi connectivity index (χ4v) is 3.27. The lowest BCUT2D eigenvalue weighted by molar-refractivity contribution is -0.117. The van der Waals surface area contributed by atoms with E-state index in [4.69, 9.17) is 28.8 Å². The quantitative estimate of drug-likeness (QED) is 0.308. The van der Waals surface area contributed by atoms with E-state index in [0.717, 1.165) is 5.69 Å². The number of aliphatic imine (C=N–C) groups is 1. The Morgan fingerprint density at radius 1 is 1.12 bits per heavy atom. The van der Waals surface area contributed by atoms with Crippen molar-refractivity contribution >= 4 is 59.1 Å². The Balaban J connectivity index is 0.00000363. The van der Waals surface area contributed by atoms with Crippen molar-refractivity contribution in [2.75, 3.05) is 36.4 Å². The summed E-state index contributed by atoms with van der Waals surface area (Å²) in [6.07, 6.45) is 1.40. The molecule has 1 aromatic heterocycles. The first kappa shape index (κ1) is 25.1. The molecule has 1 aromatic carbocycles. The molecule has 172 valence electrons. The maximum Gasteiger partial charge on any atom is 0.280 e. The molecule has 0 saturated carbocycles. The van der Waals surface area contributed by atoms with Gasteiger partial charge < -0.3 is 22.5 Å². The molecule has 2 heterocycles. The highest BCUT2D eigenvalue weighted by atomic mass is 35.5. The zero-order valence-electron chi connectivity index (χ0n) is 17.1. The number of benzene rings is 1. The van der Waals surface area contributed by atoms with Gasteiger partial charge in [0.25, 0.3) is 5.91 Å². The number of carbonyl (C=O) groups is 2. The topological polar surface area (TPSA) is 178 Å². The number of hydrogen-bond acceptors (Lipinski definition) is 8. The average molecular weight is 482 g/mol. The van der Waals surface area contributed by atoms with Crippen LogP contribution in [0.4, 0.5) is 17.3 Å². The molecule has 11 nitrogen and oxygen atoms in total. The lowest BCUT2D eigenvalue weighted by Gasteiger charge is -2.29. The summed E-state index contributed by atoms with van der Waals surface area (Å²) < 4.78 is 0. The van der Waals surface area contributed by atoms with Gasteiger partial charge in [-0.1, -0.05) is 29.8 Å². The number of piperidine rings is 1. The van der Waals surface area contributed by atoms with Crippen LogP contribution in [0.2, 0.25) is 5.15 Å². The third kappa shape index (κ3) is 6.94. The molecule has 1 aliphatic rings. The summed E-state index contributed by atoms with van der Waals surface area (Å²) in [4.78, 5) is 38.5. The van der Waals surface area contributed by atoms with Crippen LogP contribution in [0.25, 0.3) is 0 Å². The van der Waals surface area contributed by atoms with Gasteiger partial charge in [0.1, 0.15) is 0 Å². The molecular formula is C19H25Cl2N9O2. The van der Waals surface area contributed by atoms with Crippen LogP contribution in [0.3, 0.4) is 0 Å². The zero-order valence-corrected chi connectivity index (χ0v) is 18.7. The highest BCUT2D eigenvalue weighted by molar-refractivity contribution is 6.31. The fraction of sp³-hybridized carbons (Fsp3) is 0.316. The van der Waals surface area contributed by atoms with Gasteiger partial charge in [-0.2, -0.15) is 0 Å². The van der Waals surface area contributed by atoms with Gasteiger partial charge >= 0.3 is 0 Å². The number of aromatic nitrogens is 2. The Kier molecular flexibility index (Phi) is 9.00. The molecule has 0 bridgehead atoms. The van der Waals surface area contributed by atoms with E-state index in [-0.39, 0.29) is 52.8 Å². The fourth-order valence-electron chi connectivity index (χ4n) is 3.14. The normalized spacial score (nSPS) is 15.0. The van der Waals surface area contributed by atoms with E-state index >= 15 is 0 Å². The summed E-state index contributed by atoms with van der Waals surface area (Å²) in [7, 11) is 0. The van der Waals surface area contributed by atoms with Gasteiger partial charge in [-0.05, 0) is 25.0 Å². The number of nitrogens with one attached hydrogen (secondary N) is 2. The van der Waals surface area contributed by atoms with Gasteiger partial charge in [-0.15, -0.1) is 12.4 Å². The second-order valence-electron chi connectivity index (χ2n) is 7.02. The van der Waals surface area contributed by atoms with Crippen LogP contribution < -0.4 is 27.8 Å². The Morgan fingerprint density at radius 2 is 1.78 bits per heavy atom. The van der Waals surface area contributed by atoms with Crippen LogP contribution in [0, 0.1) is 0 Å². The van der Waals surface area contributed by atoms with Crippen molar-refractivity contribution in [2.45, 2.75) is 18.9 Å². The Hall–Kier alpha value is -3.15. The Morgan fingerprint density at radius 3 is 2.44 bits per heavy atom. The van der Waals surface area contributed by atoms with Crippen LogP contribution in [-0.2, 0) is 4.79 Å². The molecule has 0 spiro atoms. The van der Waals surface area contributed by atoms with Crippen molar-refractivity contribution in [3.8, 4) is 0 Å². The van der Waals surface area contributed by atoms with Gasteiger partial charge in [0, 0.05) is 18.8 Å². The third-order valence-corrected chi connectivity index (χ3v) is 4.94. The number of guanidine groups is 1. The zero-order chi connectivity index (χ0) is 22.4. The van der Waals surface area contributed by atoms with E-state index in [0.29, 0.717) is 32.5 Å². The molecule has 0 unspecified atom stereocenters. The van der Waals surface area contributed by atoms with Crippen molar-refractivity contribution in [1.29, 1.82) is 0 Å². The second-order valence-corrected chi connectivity index (χ2v) is 7.38. The largest absolute Gasteiger partial charge is 0.382 e. The van der Waals surface area contributed by atoms with Crippen LogP contribution in [0.5, 0.6) is 0 Å². The van der Waals surface area contributed by atoms with Crippen LogP contribution in [0.1, 0.15) is 23.3 Å². The van der Waals surface area contributed by atoms with Crippen molar-refractivity contribution in [1.82, 2.24) is 20.2 Å². The number of halogens is 2. The molecule has 2 aromatic rings. The van der Waals surface area contributed by atoms with E-state index in [1.54, 1.807) is 0 Å². The summed E-state index contributed by atoms with van der Waals surface area (Å²) >= 11 is 5.79. The van der Waals surface area contributed by atoms with Crippen molar-refractivity contribution in [2.24, 2.45) is 10.7 Å². The predicted molar refractivity (Wildman–Crippen MR) is 127 cm³/mol. The van der Waals surface area contributed by atoms with E-state index in [2.05, 4.69) is 25.6 Å². The summed E-state index contributed by atoms with van der Waals surface area (Å²) in [6.45, 7) is 1.67. The number of amides is 2. The van der Waals surface area contributed by atoms with Crippen molar-refractivity contribution in [3.63, 3.8) is 0 Å². The van der Waals surface area contributed by atoms with E-state index in [1.807, 2.05) is 35.2 Å². The van der Waals surface area contributed by atoms with Gasteiger partial charge in [0.05, 0.1) is 12.6 Å². The lowest BCUT2D eigenvalue weighted by atomic mass is 10.1. The molecule has 0 atom stereocenters. The molecule has 2 amide bonds. The number of nitrogens with zero attached hydrogens (tertiary/aromatic N) is 4.